The molecule has 2 aromatic rings. The van der Waals surface area contributed by atoms with Crippen molar-refractivity contribution >= 4 is 29.5 Å². The monoisotopic (exact) mass is 601 g/mol. The first kappa shape index (κ1) is 31.0. The smallest absolute Gasteiger partial charge is 0.416 e. The van der Waals surface area contributed by atoms with Crippen molar-refractivity contribution in [2.45, 2.75) is 64.6 Å². The molecule has 8 nitrogen and oxygen atoms in total. The molecule has 0 radical (unpaired) electrons. The zero-order chi connectivity index (χ0) is 31.1. The molecule has 2 aromatic carbocycles. The quantitative estimate of drug-likeness (QED) is 0.365. The van der Waals surface area contributed by atoms with Crippen LogP contribution >= 0.6 is 0 Å². The van der Waals surface area contributed by atoms with Crippen molar-refractivity contribution in [3.63, 3.8) is 0 Å². The second kappa shape index (κ2) is 11.4. The highest BCUT2D eigenvalue weighted by atomic mass is 19.4. The average Bonchev–Trinajstić information content (AvgIpc) is 3.32. The number of nitrogens with zero attached hydrogens (tertiary/aromatic N) is 3. The van der Waals surface area contributed by atoms with E-state index in [2.05, 4.69) is 0 Å². The lowest BCUT2D eigenvalue weighted by Gasteiger charge is -2.43. The van der Waals surface area contributed by atoms with E-state index in [0.29, 0.717) is 42.0 Å². The molecule has 0 N–H and O–H groups in total. The number of carbonyl (C=O) groups excluding carboxylic acids is 3. The van der Waals surface area contributed by atoms with Gasteiger partial charge in [0.2, 0.25) is 5.91 Å². The molecule has 4 rings (SSSR count). The zero-order valence-corrected chi connectivity index (χ0v) is 23.2. The van der Waals surface area contributed by atoms with E-state index in [9.17, 15) is 40.7 Å². The van der Waals surface area contributed by atoms with E-state index < -0.39 is 59.9 Å². The van der Waals surface area contributed by atoms with Crippen molar-refractivity contribution < 1.29 is 50.2 Å². The Hall–Kier alpha value is -3.97. The standard InChI is InChI=1S/C28H29F6N3O5/c1-5-42-26(40)37-15(2)8-23(21-11-18-6-7-35(16(3)38)22(18)13-24(21)37)36(25(39)41-4)14-17-9-19(27(29,30)31)12-20(10-17)28(32,33)34/h9-13,15,23H,5-8,14H2,1-4H3/t15-,23+/m1/s1. The fraction of sp³-hybridized carbons (Fsp3) is 0.464. The summed E-state index contributed by atoms with van der Waals surface area (Å²) in [5.41, 5.74) is -1.42. The van der Waals surface area contributed by atoms with Crippen LogP contribution in [-0.4, -0.2) is 49.3 Å². The van der Waals surface area contributed by atoms with E-state index in [1.165, 1.54) is 16.7 Å². The predicted octanol–water partition coefficient (Wildman–Crippen LogP) is 6.70. The maximum Gasteiger partial charge on any atom is 0.416 e. The number of halogens is 6. The maximum atomic E-state index is 13.5. The van der Waals surface area contributed by atoms with Crippen LogP contribution in [0.15, 0.2) is 30.3 Å². The minimum atomic E-state index is -5.07. The lowest BCUT2D eigenvalue weighted by Crippen LogP contribution is -2.47. The van der Waals surface area contributed by atoms with Gasteiger partial charge in [-0.25, -0.2) is 9.59 Å². The first-order valence-corrected chi connectivity index (χ1v) is 13.1. The minimum absolute atomic E-state index is 0.0191. The summed E-state index contributed by atoms with van der Waals surface area (Å²) < 4.78 is 91.5. The number of ether oxygens (including phenoxy) is 2. The summed E-state index contributed by atoms with van der Waals surface area (Å²) in [4.78, 5) is 42.3. The predicted molar refractivity (Wildman–Crippen MR) is 139 cm³/mol. The molecule has 0 aliphatic carbocycles. The molecule has 2 aliphatic rings. The Morgan fingerprint density at radius 3 is 2.12 bits per heavy atom. The topological polar surface area (TPSA) is 79.4 Å². The summed E-state index contributed by atoms with van der Waals surface area (Å²) in [6, 6.07) is 2.96. The normalized spacial score (nSPS) is 18.3. The number of hydrogen-bond donors (Lipinski definition) is 0. The zero-order valence-electron chi connectivity index (χ0n) is 23.2. The fourth-order valence-electron chi connectivity index (χ4n) is 5.53. The Morgan fingerprint density at radius 2 is 1.60 bits per heavy atom. The van der Waals surface area contributed by atoms with Crippen LogP contribution in [0.1, 0.15) is 61.1 Å². The van der Waals surface area contributed by atoms with Crippen LogP contribution < -0.4 is 9.80 Å². The van der Waals surface area contributed by atoms with E-state index in [1.54, 1.807) is 26.0 Å². The van der Waals surface area contributed by atoms with Crippen LogP contribution in [-0.2, 0) is 39.6 Å². The van der Waals surface area contributed by atoms with Crippen LogP contribution in [0.25, 0.3) is 0 Å². The van der Waals surface area contributed by atoms with Gasteiger partial charge < -0.3 is 14.4 Å². The molecule has 228 valence electrons. The molecular weight excluding hydrogens is 572 g/mol. The highest BCUT2D eigenvalue weighted by Gasteiger charge is 2.42. The maximum absolute atomic E-state index is 13.5. The van der Waals surface area contributed by atoms with Crippen molar-refractivity contribution in [1.82, 2.24) is 4.90 Å². The minimum Gasteiger partial charge on any atom is -0.453 e. The number of alkyl halides is 6. The first-order chi connectivity index (χ1) is 19.6. The molecule has 14 heteroatoms. The van der Waals surface area contributed by atoms with Gasteiger partial charge >= 0.3 is 24.5 Å². The van der Waals surface area contributed by atoms with Crippen molar-refractivity contribution in [3.05, 3.63) is 58.1 Å². The van der Waals surface area contributed by atoms with E-state index in [1.807, 2.05) is 0 Å². The van der Waals surface area contributed by atoms with Crippen LogP contribution in [0.4, 0.5) is 47.3 Å². The molecule has 2 heterocycles. The first-order valence-electron chi connectivity index (χ1n) is 13.1. The van der Waals surface area contributed by atoms with E-state index in [4.69, 9.17) is 9.47 Å². The lowest BCUT2D eigenvalue weighted by atomic mass is 9.88. The van der Waals surface area contributed by atoms with Gasteiger partial charge in [-0.05, 0) is 73.7 Å². The van der Waals surface area contributed by atoms with Crippen molar-refractivity contribution in [2.75, 3.05) is 30.1 Å². The average molecular weight is 602 g/mol. The van der Waals surface area contributed by atoms with Gasteiger partial charge in [0, 0.05) is 31.7 Å². The molecule has 0 fully saturated rings. The Labute approximate surface area is 237 Å². The van der Waals surface area contributed by atoms with Gasteiger partial charge in [-0.15, -0.1) is 0 Å². The Morgan fingerprint density at radius 1 is 0.976 bits per heavy atom. The van der Waals surface area contributed by atoms with Gasteiger partial charge in [-0.1, -0.05) is 0 Å². The Balaban J connectivity index is 1.87. The molecule has 2 aliphatic heterocycles. The molecule has 0 aromatic heterocycles. The number of methoxy groups -OCH3 is 1. The largest absolute Gasteiger partial charge is 0.453 e. The fourth-order valence-corrected chi connectivity index (χ4v) is 5.53. The summed E-state index contributed by atoms with van der Waals surface area (Å²) in [6.07, 6.45) is -11.3. The number of amides is 3. The van der Waals surface area contributed by atoms with Crippen LogP contribution in [0.5, 0.6) is 0 Å². The molecule has 0 bridgehead atoms. The summed E-state index contributed by atoms with van der Waals surface area (Å²) in [7, 11) is 1.05. The second-order valence-corrected chi connectivity index (χ2v) is 10.1. The molecular formula is C28H29F6N3O5. The molecule has 0 unspecified atom stereocenters. The van der Waals surface area contributed by atoms with E-state index in [0.717, 1.165) is 17.6 Å². The van der Waals surface area contributed by atoms with E-state index in [-0.39, 0.29) is 25.0 Å². The SMILES string of the molecule is CCOC(=O)N1c2cc3c(cc2[C@@H](N(Cc2cc(C(F)(F)F)cc(C(F)(F)F)c2)C(=O)OC)C[C@H]1C)CCN3C(C)=O. The third kappa shape index (κ3) is 5.97. The van der Waals surface area contributed by atoms with Crippen molar-refractivity contribution in [2.24, 2.45) is 0 Å². The van der Waals surface area contributed by atoms with Gasteiger partial charge in [0.05, 0.1) is 36.6 Å². The van der Waals surface area contributed by atoms with Crippen LogP contribution in [0, 0.1) is 0 Å². The van der Waals surface area contributed by atoms with E-state index >= 15 is 0 Å². The van der Waals surface area contributed by atoms with Gasteiger partial charge in [-0.2, -0.15) is 26.3 Å². The van der Waals surface area contributed by atoms with Gasteiger partial charge in [0.15, 0.2) is 0 Å². The molecule has 0 saturated heterocycles. The summed E-state index contributed by atoms with van der Waals surface area (Å²) >= 11 is 0. The molecule has 0 spiro atoms. The number of benzene rings is 2. The third-order valence-corrected chi connectivity index (χ3v) is 7.38. The van der Waals surface area contributed by atoms with Crippen molar-refractivity contribution in [3.8, 4) is 0 Å². The highest BCUT2D eigenvalue weighted by Crippen LogP contribution is 2.46. The second-order valence-electron chi connectivity index (χ2n) is 10.1. The summed E-state index contributed by atoms with van der Waals surface area (Å²) in [5.74, 6) is -0.224. The number of fused-ring (bicyclic) bond motifs is 2. The lowest BCUT2D eigenvalue weighted by molar-refractivity contribution is -0.143. The highest BCUT2D eigenvalue weighted by molar-refractivity contribution is 5.97. The molecule has 42 heavy (non-hydrogen) atoms. The van der Waals surface area contributed by atoms with Gasteiger partial charge in [0.1, 0.15) is 0 Å². The van der Waals surface area contributed by atoms with Crippen LogP contribution in [0.3, 0.4) is 0 Å². The Kier molecular flexibility index (Phi) is 8.38. The number of carbonyl (C=O) groups is 3. The molecule has 2 atom stereocenters. The van der Waals surface area contributed by atoms with Gasteiger partial charge in [0.25, 0.3) is 0 Å². The van der Waals surface area contributed by atoms with Crippen LogP contribution in [0.2, 0.25) is 0 Å². The summed E-state index contributed by atoms with van der Waals surface area (Å²) in [5, 5.41) is 0. The number of hydrogen-bond acceptors (Lipinski definition) is 5. The molecule has 0 saturated carbocycles. The van der Waals surface area contributed by atoms with Crippen molar-refractivity contribution in [1.29, 1.82) is 0 Å². The number of rotatable bonds is 4. The third-order valence-electron chi connectivity index (χ3n) is 7.38. The number of anilines is 2. The summed E-state index contributed by atoms with van der Waals surface area (Å²) in [6.45, 7) is 4.48. The molecule has 3 amide bonds. The Bertz CT molecular complexity index is 1360. The van der Waals surface area contributed by atoms with Gasteiger partial charge in [-0.3, -0.25) is 14.6 Å².